The van der Waals surface area contributed by atoms with Gasteiger partial charge in [0.2, 0.25) is 11.8 Å². The minimum atomic E-state index is -0.688. The lowest BCUT2D eigenvalue weighted by molar-refractivity contribution is -0.124. The van der Waals surface area contributed by atoms with E-state index in [0.717, 1.165) is 5.56 Å². The molecule has 0 aliphatic heterocycles. The maximum atomic E-state index is 12.3. The number of halogens is 1. The van der Waals surface area contributed by atoms with Crippen LogP contribution in [0.5, 0.6) is 0 Å². The number of hydrogen-bond acceptors (Lipinski definition) is 2. The molecule has 0 aliphatic rings. The van der Waals surface area contributed by atoms with E-state index >= 15 is 0 Å². The maximum absolute atomic E-state index is 12.3. The highest BCUT2D eigenvalue weighted by molar-refractivity contribution is 6.32. The van der Waals surface area contributed by atoms with E-state index in [1.807, 2.05) is 52.0 Å². The SMILES string of the molecule is Cc1ccccc1N(CC(=O)NC(C)(C)C)C(=O)C(C)Cl. The van der Waals surface area contributed by atoms with Crippen LogP contribution < -0.4 is 10.2 Å². The minimum Gasteiger partial charge on any atom is -0.350 e. The fourth-order valence-corrected chi connectivity index (χ4v) is 2.08. The first-order valence-electron chi connectivity index (χ1n) is 6.94. The van der Waals surface area contributed by atoms with Crippen LogP contribution in [0.4, 0.5) is 5.69 Å². The van der Waals surface area contributed by atoms with Gasteiger partial charge in [-0.3, -0.25) is 9.59 Å². The average molecular weight is 311 g/mol. The van der Waals surface area contributed by atoms with Gasteiger partial charge in [0.05, 0.1) is 0 Å². The van der Waals surface area contributed by atoms with Crippen molar-refractivity contribution in [1.82, 2.24) is 5.32 Å². The summed E-state index contributed by atoms with van der Waals surface area (Å²) in [6.45, 7) is 9.16. The molecule has 2 amide bonds. The summed E-state index contributed by atoms with van der Waals surface area (Å²) in [7, 11) is 0. The van der Waals surface area contributed by atoms with Gasteiger partial charge in [0, 0.05) is 11.2 Å². The number of hydrogen-bond donors (Lipinski definition) is 1. The van der Waals surface area contributed by atoms with E-state index in [1.54, 1.807) is 6.92 Å². The Kier molecular flexibility index (Phi) is 5.78. The molecule has 0 aromatic heterocycles. The Morgan fingerprint density at radius 2 is 1.86 bits per heavy atom. The minimum absolute atomic E-state index is 0.0436. The molecule has 0 aliphatic carbocycles. The van der Waals surface area contributed by atoms with Crippen molar-refractivity contribution in [1.29, 1.82) is 0 Å². The quantitative estimate of drug-likeness (QED) is 0.869. The number of benzene rings is 1. The first-order chi connectivity index (χ1) is 9.61. The first kappa shape index (κ1) is 17.5. The monoisotopic (exact) mass is 310 g/mol. The molecule has 0 radical (unpaired) electrons. The highest BCUT2D eigenvalue weighted by atomic mass is 35.5. The van der Waals surface area contributed by atoms with Crippen LogP contribution in [0.25, 0.3) is 0 Å². The predicted octanol–water partition coefficient (Wildman–Crippen LogP) is 2.87. The summed E-state index contributed by atoms with van der Waals surface area (Å²) in [5.41, 5.74) is 1.29. The molecule has 116 valence electrons. The fraction of sp³-hybridized carbons (Fsp3) is 0.500. The van der Waals surface area contributed by atoms with Crippen molar-refractivity contribution in [2.45, 2.75) is 45.5 Å². The molecule has 1 aromatic rings. The third-order valence-electron chi connectivity index (χ3n) is 2.83. The smallest absolute Gasteiger partial charge is 0.245 e. The van der Waals surface area contributed by atoms with Gasteiger partial charge in [-0.05, 0) is 46.2 Å². The fourth-order valence-electron chi connectivity index (χ4n) is 1.96. The lowest BCUT2D eigenvalue weighted by Crippen LogP contribution is -2.48. The largest absolute Gasteiger partial charge is 0.350 e. The molecule has 1 aromatic carbocycles. The normalized spacial score (nSPS) is 12.7. The van der Waals surface area contributed by atoms with E-state index in [9.17, 15) is 9.59 Å². The number of aryl methyl sites for hydroxylation is 1. The number of alkyl halides is 1. The topological polar surface area (TPSA) is 49.4 Å². The Morgan fingerprint density at radius 1 is 1.29 bits per heavy atom. The predicted molar refractivity (Wildman–Crippen MR) is 86.7 cm³/mol. The van der Waals surface area contributed by atoms with Crippen LogP contribution in [-0.4, -0.2) is 29.3 Å². The average Bonchev–Trinajstić information content (AvgIpc) is 2.34. The van der Waals surface area contributed by atoms with Crippen molar-refractivity contribution in [3.63, 3.8) is 0 Å². The summed E-state index contributed by atoms with van der Waals surface area (Å²) in [5.74, 6) is -0.494. The second-order valence-corrected chi connectivity index (χ2v) is 6.78. The summed E-state index contributed by atoms with van der Waals surface area (Å²) < 4.78 is 0. The van der Waals surface area contributed by atoms with Crippen molar-refractivity contribution in [2.24, 2.45) is 0 Å². The van der Waals surface area contributed by atoms with Crippen molar-refractivity contribution in [2.75, 3.05) is 11.4 Å². The Labute approximate surface area is 131 Å². The molecule has 0 bridgehead atoms. The van der Waals surface area contributed by atoms with Gasteiger partial charge in [0.1, 0.15) is 11.9 Å². The molecule has 0 fully saturated rings. The van der Waals surface area contributed by atoms with Gasteiger partial charge >= 0.3 is 0 Å². The Morgan fingerprint density at radius 3 is 2.33 bits per heavy atom. The van der Waals surface area contributed by atoms with Gasteiger partial charge in [-0.1, -0.05) is 18.2 Å². The zero-order valence-corrected chi connectivity index (χ0v) is 14.0. The van der Waals surface area contributed by atoms with Crippen LogP contribution in [0.15, 0.2) is 24.3 Å². The van der Waals surface area contributed by atoms with Gasteiger partial charge in [0.25, 0.3) is 0 Å². The van der Waals surface area contributed by atoms with E-state index in [2.05, 4.69) is 5.32 Å². The van der Waals surface area contributed by atoms with Crippen molar-refractivity contribution in [3.05, 3.63) is 29.8 Å². The summed E-state index contributed by atoms with van der Waals surface area (Å²) in [4.78, 5) is 25.9. The van der Waals surface area contributed by atoms with Gasteiger partial charge in [-0.15, -0.1) is 11.6 Å². The standard InChI is InChI=1S/C16H23ClN2O2/c1-11-8-6-7-9-13(11)19(15(21)12(2)17)10-14(20)18-16(3,4)5/h6-9,12H,10H2,1-5H3,(H,18,20). The highest BCUT2D eigenvalue weighted by Crippen LogP contribution is 2.21. The van der Waals surface area contributed by atoms with E-state index in [1.165, 1.54) is 4.90 Å². The van der Waals surface area contributed by atoms with E-state index in [-0.39, 0.29) is 23.9 Å². The molecule has 5 heteroatoms. The molecule has 0 heterocycles. The molecular weight excluding hydrogens is 288 g/mol. The molecular formula is C16H23ClN2O2. The number of rotatable bonds is 4. The zero-order valence-electron chi connectivity index (χ0n) is 13.2. The van der Waals surface area contributed by atoms with Gasteiger partial charge < -0.3 is 10.2 Å². The number of para-hydroxylation sites is 1. The molecule has 0 saturated carbocycles. The number of carbonyl (C=O) groups is 2. The summed E-state index contributed by atoms with van der Waals surface area (Å²) in [5, 5.41) is 2.17. The van der Waals surface area contributed by atoms with Crippen LogP contribution in [0, 0.1) is 6.92 Å². The number of amides is 2. The molecule has 0 saturated heterocycles. The van der Waals surface area contributed by atoms with Gasteiger partial charge in [0.15, 0.2) is 0 Å². The Bertz CT molecular complexity index is 521. The lowest BCUT2D eigenvalue weighted by atomic mass is 10.1. The van der Waals surface area contributed by atoms with Gasteiger partial charge in [-0.25, -0.2) is 0 Å². The van der Waals surface area contributed by atoms with Crippen molar-refractivity contribution >= 4 is 29.1 Å². The van der Waals surface area contributed by atoms with Crippen LogP contribution in [-0.2, 0) is 9.59 Å². The summed E-state index contributed by atoms with van der Waals surface area (Å²) >= 11 is 5.92. The molecule has 1 N–H and O–H groups in total. The summed E-state index contributed by atoms with van der Waals surface area (Å²) in [6, 6.07) is 7.44. The Balaban J connectivity index is 3.02. The van der Waals surface area contributed by atoms with Crippen LogP contribution in [0.3, 0.4) is 0 Å². The van der Waals surface area contributed by atoms with Gasteiger partial charge in [-0.2, -0.15) is 0 Å². The molecule has 1 atom stereocenters. The number of carbonyl (C=O) groups excluding carboxylic acids is 2. The molecule has 21 heavy (non-hydrogen) atoms. The van der Waals surface area contributed by atoms with Crippen LogP contribution in [0.2, 0.25) is 0 Å². The maximum Gasteiger partial charge on any atom is 0.245 e. The van der Waals surface area contributed by atoms with Crippen molar-refractivity contribution in [3.8, 4) is 0 Å². The summed E-state index contributed by atoms with van der Waals surface area (Å²) in [6.07, 6.45) is 0. The number of nitrogens with one attached hydrogen (secondary N) is 1. The van der Waals surface area contributed by atoms with E-state index in [0.29, 0.717) is 5.69 Å². The first-order valence-corrected chi connectivity index (χ1v) is 7.37. The second kappa shape index (κ2) is 6.94. The van der Waals surface area contributed by atoms with Crippen LogP contribution in [0.1, 0.15) is 33.3 Å². The van der Waals surface area contributed by atoms with Crippen molar-refractivity contribution < 1.29 is 9.59 Å². The molecule has 4 nitrogen and oxygen atoms in total. The number of anilines is 1. The third kappa shape index (κ3) is 5.38. The van der Waals surface area contributed by atoms with E-state index in [4.69, 9.17) is 11.6 Å². The van der Waals surface area contributed by atoms with Crippen LogP contribution >= 0.6 is 11.6 Å². The Hall–Kier alpha value is -1.55. The second-order valence-electron chi connectivity index (χ2n) is 6.13. The highest BCUT2D eigenvalue weighted by Gasteiger charge is 2.25. The zero-order chi connectivity index (χ0) is 16.2. The van der Waals surface area contributed by atoms with E-state index < -0.39 is 5.38 Å². The molecule has 1 rings (SSSR count). The lowest BCUT2D eigenvalue weighted by Gasteiger charge is -2.27. The third-order valence-corrected chi connectivity index (χ3v) is 3.02. The number of nitrogens with zero attached hydrogens (tertiary/aromatic N) is 1. The molecule has 0 spiro atoms. The molecule has 1 unspecified atom stereocenters.